The Balaban J connectivity index is 4.92. The van der Waals surface area contributed by atoms with E-state index in [4.69, 9.17) is 5.11 Å². The highest BCUT2D eigenvalue weighted by atomic mass is 32.2. The average molecular weight is 263 g/mol. The molecule has 0 rings (SSSR count). The molecular formula is C8H16F3NO3S. The molecule has 0 aromatic heterocycles. The second-order valence-corrected chi connectivity index (χ2v) is 6.20. The smallest absolute Gasteiger partial charge is 0.396 e. The van der Waals surface area contributed by atoms with Gasteiger partial charge >= 0.3 is 15.5 Å². The summed E-state index contributed by atoms with van der Waals surface area (Å²) < 4.78 is 59.6. The van der Waals surface area contributed by atoms with Crippen molar-refractivity contribution in [2.75, 3.05) is 6.61 Å². The van der Waals surface area contributed by atoms with Gasteiger partial charge in [0.1, 0.15) is 0 Å². The predicted molar refractivity (Wildman–Crippen MR) is 53.1 cm³/mol. The van der Waals surface area contributed by atoms with Gasteiger partial charge < -0.3 is 5.11 Å². The van der Waals surface area contributed by atoms with Crippen LogP contribution in [0.5, 0.6) is 0 Å². The van der Waals surface area contributed by atoms with Gasteiger partial charge in [0.25, 0.3) is 0 Å². The van der Waals surface area contributed by atoms with Crippen LogP contribution in [0, 0.1) is 5.41 Å². The van der Waals surface area contributed by atoms with E-state index in [1.807, 2.05) is 0 Å². The maximum absolute atomic E-state index is 12.1. The third-order valence-electron chi connectivity index (χ3n) is 2.07. The molecule has 1 atom stereocenters. The second-order valence-electron chi connectivity index (χ2n) is 4.50. The van der Waals surface area contributed by atoms with Crippen LogP contribution in [-0.4, -0.2) is 31.7 Å². The fourth-order valence-corrected chi connectivity index (χ4v) is 2.03. The monoisotopic (exact) mass is 263 g/mol. The van der Waals surface area contributed by atoms with E-state index in [0.29, 0.717) is 0 Å². The Morgan fingerprint density at radius 1 is 1.25 bits per heavy atom. The Hall–Kier alpha value is -0.340. The molecule has 0 heterocycles. The van der Waals surface area contributed by atoms with Crippen LogP contribution in [0.15, 0.2) is 0 Å². The standard InChI is InChI=1S/C8H16F3NO3S/c1-7(2,3)6(4-5-13)12-16(14,15)8(9,10)11/h6,12-13H,4-5H2,1-3H3. The Morgan fingerprint density at radius 2 is 1.69 bits per heavy atom. The van der Waals surface area contributed by atoms with Gasteiger partial charge in [0.15, 0.2) is 0 Å². The van der Waals surface area contributed by atoms with E-state index in [0.717, 1.165) is 0 Å². The first kappa shape index (κ1) is 15.7. The van der Waals surface area contributed by atoms with Crippen LogP contribution in [0.3, 0.4) is 0 Å². The van der Waals surface area contributed by atoms with Crippen LogP contribution in [0.4, 0.5) is 13.2 Å². The number of hydrogen-bond acceptors (Lipinski definition) is 3. The molecule has 0 amide bonds. The second kappa shape index (κ2) is 4.89. The van der Waals surface area contributed by atoms with E-state index < -0.39 is 27.0 Å². The summed E-state index contributed by atoms with van der Waals surface area (Å²) in [7, 11) is -5.36. The molecule has 8 heteroatoms. The molecule has 0 radical (unpaired) electrons. The summed E-state index contributed by atoms with van der Waals surface area (Å²) in [4.78, 5) is 0. The Bertz CT molecular complexity index is 318. The van der Waals surface area contributed by atoms with Crippen molar-refractivity contribution in [3.63, 3.8) is 0 Å². The van der Waals surface area contributed by atoms with Crippen LogP contribution in [-0.2, 0) is 10.0 Å². The Kier molecular flexibility index (Phi) is 4.78. The summed E-state index contributed by atoms with van der Waals surface area (Å²) in [5, 5.41) is 8.68. The minimum absolute atomic E-state index is 0.0706. The molecule has 1 unspecified atom stereocenters. The molecule has 0 aliphatic heterocycles. The summed E-state index contributed by atoms with van der Waals surface area (Å²) in [5.74, 6) is 0. The van der Waals surface area contributed by atoms with Crippen LogP contribution < -0.4 is 4.72 Å². The Labute approximate surface area is 92.9 Å². The summed E-state index contributed by atoms with van der Waals surface area (Å²) in [5.41, 5.74) is -6.03. The van der Waals surface area contributed by atoms with Crippen LogP contribution in [0.2, 0.25) is 0 Å². The molecule has 98 valence electrons. The lowest BCUT2D eigenvalue weighted by Gasteiger charge is -2.31. The van der Waals surface area contributed by atoms with Crippen molar-refractivity contribution >= 4 is 10.0 Å². The highest BCUT2D eigenvalue weighted by Gasteiger charge is 2.47. The zero-order chi connectivity index (χ0) is 13.2. The maximum atomic E-state index is 12.1. The molecule has 0 spiro atoms. The maximum Gasteiger partial charge on any atom is 0.511 e. The first-order valence-corrected chi connectivity index (χ1v) is 6.09. The lowest BCUT2D eigenvalue weighted by Crippen LogP contribution is -2.48. The SMILES string of the molecule is CC(C)(C)C(CCO)NS(=O)(=O)C(F)(F)F. The lowest BCUT2D eigenvalue weighted by molar-refractivity contribution is -0.0455. The van der Waals surface area contributed by atoms with E-state index in [1.165, 1.54) is 0 Å². The fourth-order valence-electron chi connectivity index (χ4n) is 1.05. The summed E-state index contributed by atoms with van der Waals surface area (Å²) in [6.07, 6.45) is -0.0706. The molecule has 0 bridgehead atoms. The van der Waals surface area contributed by atoms with Gasteiger partial charge in [0, 0.05) is 12.6 Å². The molecule has 4 nitrogen and oxygen atoms in total. The predicted octanol–water partition coefficient (Wildman–Crippen LogP) is 1.22. The number of aliphatic hydroxyl groups excluding tert-OH is 1. The van der Waals surface area contributed by atoms with Gasteiger partial charge in [-0.1, -0.05) is 20.8 Å². The topological polar surface area (TPSA) is 66.4 Å². The molecule has 0 aromatic rings. The van der Waals surface area contributed by atoms with E-state index in [2.05, 4.69) is 0 Å². The van der Waals surface area contributed by atoms with Crippen LogP contribution in [0.25, 0.3) is 0 Å². The fraction of sp³-hybridized carbons (Fsp3) is 1.00. The minimum Gasteiger partial charge on any atom is -0.396 e. The molecule has 0 saturated heterocycles. The summed E-state index contributed by atoms with van der Waals surface area (Å²) >= 11 is 0. The van der Waals surface area contributed by atoms with Gasteiger partial charge in [-0.15, -0.1) is 0 Å². The number of alkyl halides is 3. The number of nitrogens with one attached hydrogen (secondary N) is 1. The first-order valence-electron chi connectivity index (χ1n) is 4.61. The molecule has 0 saturated carbocycles. The van der Waals surface area contributed by atoms with Gasteiger partial charge in [-0.2, -0.15) is 13.2 Å². The number of halogens is 3. The minimum atomic E-state index is -5.36. The Morgan fingerprint density at radius 3 is 1.94 bits per heavy atom. The van der Waals surface area contributed by atoms with Crippen molar-refractivity contribution in [1.29, 1.82) is 0 Å². The molecule has 0 fully saturated rings. The first-order chi connectivity index (χ1) is 6.92. The van der Waals surface area contributed by atoms with Gasteiger partial charge in [0.05, 0.1) is 0 Å². The van der Waals surface area contributed by atoms with Crippen molar-refractivity contribution < 1.29 is 26.7 Å². The average Bonchev–Trinajstić information content (AvgIpc) is 1.99. The van der Waals surface area contributed by atoms with Crippen molar-refractivity contribution in [2.24, 2.45) is 5.41 Å². The van der Waals surface area contributed by atoms with Crippen molar-refractivity contribution in [3.8, 4) is 0 Å². The van der Waals surface area contributed by atoms with E-state index in [9.17, 15) is 21.6 Å². The molecule has 0 aliphatic rings. The number of hydrogen-bond donors (Lipinski definition) is 2. The summed E-state index contributed by atoms with van der Waals surface area (Å²) in [6.45, 7) is 4.38. The van der Waals surface area contributed by atoms with Gasteiger partial charge in [0.2, 0.25) is 0 Å². The van der Waals surface area contributed by atoms with Gasteiger partial charge in [-0.25, -0.2) is 13.1 Å². The van der Waals surface area contributed by atoms with E-state index >= 15 is 0 Å². The van der Waals surface area contributed by atoms with Gasteiger partial charge in [-0.3, -0.25) is 0 Å². The zero-order valence-electron chi connectivity index (χ0n) is 9.30. The highest BCUT2D eigenvalue weighted by Crippen LogP contribution is 2.27. The van der Waals surface area contributed by atoms with Crippen LogP contribution >= 0.6 is 0 Å². The highest BCUT2D eigenvalue weighted by molar-refractivity contribution is 7.90. The number of rotatable bonds is 4. The van der Waals surface area contributed by atoms with Crippen molar-refractivity contribution in [2.45, 2.75) is 38.7 Å². The van der Waals surface area contributed by atoms with Crippen molar-refractivity contribution in [1.82, 2.24) is 4.72 Å². The third-order valence-corrected chi connectivity index (χ3v) is 3.27. The van der Waals surface area contributed by atoms with E-state index in [1.54, 1.807) is 25.5 Å². The number of sulfonamides is 1. The summed E-state index contributed by atoms with van der Waals surface area (Å²) in [6, 6.07) is -0.968. The van der Waals surface area contributed by atoms with Crippen molar-refractivity contribution in [3.05, 3.63) is 0 Å². The number of aliphatic hydroxyl groups is 1. The molecule has 0 aromatic carbocycles. The molecular weight excluding hydrogens is 247 g/mol. The normalized spacial score (nSPS) is 16.2. The van der Waals surface area contributed by atoms with E-state index in [-0.39, 0.29) is 13.0 Å². The largest absolute Gasteiger partial charge is 0.511 e. The zero-order valence-corrected chi connectivity index (χ0v) is 10.1. The molecule has 16 heavy (non-hydrogen) atoms. The quantitative estimate of drug-likeness (QED) is 0.801. The van der Waals surface area contributed by atoms with Gasteiger partial charge in [-0.05, 0) is 11.8 Å². The molecule has 2 N–H and O–H groups in total. The molecule has 0 aliphatic carbocycles. The third kappa shape index (κ3) is 4.26. The van der Waals surface area contributed by atoms with Crippen LogP contribution in [0.1, 0.15) is 27.2 Å². The lowest BCUT2D eigenvalue weighted by atomic mass is 9.86.